The Kier molecular flexibility index (Phi) is 2.47. The second-order valence-electron chi connectivity index (χ2n) is 3.25. The number of rotatable bonds is 2. The zero-order chi connectivity index (χ0) is 11.7. The van der Waals surface area contributed by atoms with Gasteiger partial charge in [0.05, 0.1) is 12.7 Å². The monoisotopic (exact) mass is 223 g/mol. The maximum Gasteiger partial charge on any atom is 0.343 e. The largest absolute Gasteiger partial charge is 0.497 e. The molecule has 2 rings (SSSR count). The van der Waals surface area contributed by atoms with Gasteiger partial charge in [0.25, 0.3) is 0 Å². The molecule has 84 valence electrons. The van der Waals surface area contributed by atoms with E-state index in [0.717, 1.165) is 4.68 Å². The first kappa shape index (κ1) is 10.4. The summed E-state index contributed by atoms with van der Waals surface area (Å²) in [6.45, 7) is 0. The summed E-state index contributed by atoms with van der Waals surface area (Å²) in [6, 6.07) is 4.24. The molecule has 0 saturated carbocycles. The molecule has 0 aliphatic heterocycles. The molecule has 0 radical (unpaired) electrons. The lowest BCUT2D eigenvalue weighted by atomic mass is 10.2. The van der Waals surface area contributed by atoms with Crippen molar-refractivity contribution in [3.8, 4) is 17.1 Å². The standard InChI is InChI=1S/C10H10FN3O2/c1-14-10(15)12-9(13-14)7-5-6(16-2)3-4-8(7)11/h3-5H,1-2H3,(H,12,13,15). The molecule has 0 bridgehead atoms. The highest BCUT2D eigenvalue weighted by Crippen LogP contribution is 2.23. The number of nitrogens with zero attached hydrogens (tertiary/aromatic N) is 2. The zero-order valence-corrected chi connectivity index (χ0v) is 8.82. The number of ether oxygens (including phenoxy) is 1. The highest BCUT2D eigenvalue weighted by atomic mass is 19.1. The number of hydrogen-bond donors (Lipinski definition) is 1. The average Bonchev–Trinajstić information content (AvgIpc) is 2.60. The lowest BCUT2D eigenvalue weighted by Crippen LogP contribution is -2.13. The van der Waals surface area contributed by atoms with Gasteiger partial charge in [-0.2, -0.15) is 0 Å². The molecule has 0 unspecified atom stereocenters. The van der Waals surface area contributed by atoms with Gasteiger partial charge in [0.1, 0.15) is 11.6 Å². The number of aromatic amines is 1. The van der Waals surface area contributed by atoms with E-state index in [9.17, 15) is 9.18 Å². The van der Waals surface area contributed by atoms with E-state index in [0.29, 0.717) is 5.75 Å². The number of benzene rings is 1. The summed E-state index contributed by atoms with van der Waals surface area (Å²) in [4.78, 5) is 13.6. The molecule has 1 N–H and O–H groups in total. The predicted molar refractivity (Wildman–Crippen MR) is 55.8 cm³/mol. The third-order valence-electron chi connectivity index (χ3n) is 2.20. The van der Waals surface area contributed by atoms with Crippen molar-refractivity contribution in [1.82, 2.24) is 14.8 Å². The van der Waals surface area contributed by atoms with Crippen LogP contribution in [0.2, 0.25) is 0 Å². The van der Waals surface area contributed by atoms with E-state index in [1.165, 1.54) is 32.4 Å². The third-order valence-corrected chi connectivity index (χ3v) is 2.20. The fraction of sp³-hybridized carbons (Fsp3) is 0.200. The van der Waals surface area contributed by atoms with Crippen molar-refractivity contribution in [3.63, 3.8) is 0 Å². The van der Waals surface area contributed by atoms with Gasteiger partial charge in [-0.25, -0.2) is 13.9 Å². The number of H-pyrrole nitrogens is 1. The van der Waals surface area contributed by atoms with Crippen LogP contribution in [0.25, 0.3) is 11.4 Å². The minimum Gasteiger partial charge on any atom is -0.497 e. The average molecular weight is 223 g/mol. The number of halogens is 1. The molecule has 0 spiro atoms. The third kappa shape index (κ3) is 1.69. The lowest BCUT2D eigenvalue weighted by molar-refractivity contribution is 0.414. The van der Waals surface area contributed by atoms with Gasteiger partial charge in [-0.3, -0.25) is 4.98 Å². The summed E-state index contributed by atoms with van der Waals surface area (Å²) >= 11 is 0. The van der Waals surface area contributed by atoms with Crippen LogP contribution in [-0.4, -0.2) is 21.9 Å². The summed E-state index contributed by atoms with van der Waals surface area (Å²) < 4.78 is 19.6. The zero-order valence-electron chi connectivity index (χ0n) is 8.82. The Morgan fingerprint density at radius 2 is 2.25 bits per heavy atom. The van der Waals surface area contributed by atoms with Gasteiger partial charge in [0.15, 0.2) is 5.82 Å². The van der Waals surface area contributed by atoms with Crippen LogP contribution in [-0.2, 0) is 7.05 Å². The smallest absolute Gasteiger partial charge is 0.343 e. The van der Waals surface area contributed by atoms with Crippen molar-refractivity contribution in [2.24, 2.45) is 7.05 Å². The lowest BCUT2D eigenvalue weighted by Gasteiger charge is -2.02. The van der Waals surface area contributed by atoms with E-state index in [2.05, 4.69) is 10.1 Å². The Hall–Kier alpha value is -2.11. The molecule has 5 nitrogen and oxygen atoms in total. The van der Waals surface area contributed by atoms with Crippen molar-refractivity contribution in [2.45, 2.75) is 0 Å². The molecule has 6 heteroatoms. The Morgan fingerprint density at radius 1 is 1.50 bits per heavy atom. The molecule has 0 atom stereocenters. The van der Waals surface area contributed by atoms with Crippen LogP contribution in [0.1, 0.15) is 0 Å². The van der Waals surface area contributed by atoms with Crippen LogP contribution in [0.4, 0.5) is 4.39 Å². The topological polar surface area (TPSA) is 59.9 Å². The van der Waals surface area contributed by atoms with Crippen LogP contribution >= 0.6 is 0 Å². The first-order chi connectivity index (χ1) is 7.61. The molecule has 0 fully saturated rings. The normalized spacial score (nSPS) is 10.4. The van der Waals surface area contributed by atoms with Crippen molar-refractivity contribution < 1.29 is 9.13 Å². The molecule has 1 heterocycles. The Balaban J connectivity index is 2.58. The fourth-order valence-electron chi connectivity index (χ4n) is 1.34. The number of nitrogens with one attached hydrogen (secondary N) is 1. The minimum absolute atomic E-state index is 0.184. The van der Waals surface area contributed by atoms with Gasteiger partial charge in [0, 0.05) is 7.05 Å². The minimum atomic E-state index is -0.463. The highest BCUT2D eigenvalue weighted by molar-refractivity contribution is 5.57. The fourth-order valence-corrected chi connectivity index (χ4v) is 1.34. The summed E-state index contributed by atoms with van der Waals surface area (Å²) in [7, 11) is 2.97. The van der Waals surface area contributed by atoms with E-state index in [-0.39, 0.29) is 11.4 Å². The molecule has 0 saturated heterocycles. The number of aryl methyl sites for hydroxylation is 1. The number of hydrogen-bond acceptors (Lipinski definition) is 3. The van der Waals surface area contributed by atoms with Gasteiger partial charge in [-0.05, 0) is 18.2 Å². The van der Waals surface area contributed by atoms with Gasteiger partial charge < -0.3 is 4.74 Å². The van der Waals surface area contributed by atoms with E-state index in [1.54, 1.807) is 0 Å². The molecule has 0 aliphatic rings. The summed E-state index contributed by atoms with van der Waals surface area (Å²) in [5, 5.41) is 3.87. The van der Waals surface area contributed by atoms with Crippen molar-refractivity contribution in [3.05, 3.63) is 34.5 Å². The van der Waals surface area contributed by atoms with E-state index in [1.807, 2.05) is 0 Å². The van der Waals surface area contributed by atoms with Crippen LogP contribution in [0.3, 0.4) is 0 Å². The predicted octanol–water partition coefficient (Wildman–Crippen LogP) is 0.923. The molecule has 0 aliphatic carbocycles. The molecular formula is C10H10FN3O2. The first-order valence-electron chi connectivity index (χ1n) is 4.59. The van der Waals surface area contributed by atoms with Crippen molar-refractivity contribution in [1.29, 1.82) is 0 Å². The Labute approximate surface area is 90.5 Å². The Morgan fingerprint density at radius 3 is 2.81 bits per heavy atom. The maximum atomic E-state index is 13.5. The molecule has 16 heavy (non-hydrogen) atoms. The second-order valence-corrected chi connectivity index (χ2v) is 3.25. The maximum absolute atomic E-state index is 13.5. The van der Waals surface area contributed by atoms with Gasteiger partial charge in [-0.1, -0.05) is 0 Å². The number of methoxy groups -OCH3 is 1. The molecular weight excluding hydrogens is 213 g/mol. The highest BCUT2D eigenvalue weighted by Gasteiger charge is 2.11. The summed E-state index contributed by atoms with van der Waals surface area (Å²) in [6.07, 6.45) is 0. The first-order valence-corrected chi connectivity index (χ1v) is 4.59. The molecule has 1 aromatic heterocycles. The molecule has 1 aromatic carbocycles. The van der Waals surface area contributed by atoms with Gasteiger partial charge in [-0.15, -0.1) is 5.10 Å². The van der Waals surface area contributed by atoms with Crippen molar-refractivity contribution in [2.75, 3.05) is 7.11 Å². The summed E-state index contributed by atoms with van der Waals surface area (Å²) in [5.41, 5.74) is -0.186. The van der Waals surface area contributed by atoms with Crippen LogP contribution in [0, 0.1) is 5.82 Å². The van der Waals surface area contributed by atoms with E-state index >= 15 is 0 Å². The molecule has 2 aromatic rings. The molecule has 0 amide bonds. The van der Waals surface area contributed by atoms with Crippen molar-refractivity contribution >= 4 is 0 Å². The van der Waals surface area contributed by atoms with E-state index < -0.39 is 11.5 Å². The SMILES string of the molecule is COc1ccc(F)c(-c2nn(C)c(=O)[nH]2)c1. The van der Waals surface area contributed by atoms with Gasteiger partial charge >= 0.3 is 5.69 Å². The van der Waals surface area contributed by atoms with Crippen LogP contribution in [0.15, 0.2) is 23.0 Å². The van der Waals surface area contributed by atoms with Crippen LogP contribution in [0.5, 0.6) is 5.75 Å². The quantitative estimate of drug-likeness (QED) is 0.823. The van der Waals surface area contributed by atoms with Crippen LogP contribution < -0.4 is 10.4 Å². The second kappa shape index (κ2) is 3.80. The van der Waals surface area contributed by atoms with E-state index in [4.69, 9.17) is 4.74 Å². The summed E-state index contributed by atoms with van der Waals surface area (Å²) in [5.74, 6) is 0.224. The number of aromatic nitrogens is 3. The Bertz CT molecular complexity index is 574. The van der Waals surface area contributed by atoms with Gasteiger partial charge in [0.2, 0.25) is 0 Å².